The molecule has 0 unspecified atom stereocenters. The second kappa shape index (κ2) is 10.3. The molecule has 0 aliphatic heterocycles. The van der Waals surface area contributed by atoms with Crippen molar-refractivity contribution in [3.63, 3.8) is 0 Å². The van der Waals surface area contributed by atoms with Crippen molar-refractivity contribution >= 4 is 39.1 Å². The SMILES string of the molecule is CC(C)Oc1ccc(CSc2nnc3n(CCc4ccccc4)c(=O)c4c5c(sc4n23)CCCC5)cc1. The number of thiophene rings is 1. The highest BCUT2D eigenvalue weighted by atomic mass is 32.2. The second-order valence-electron chi connectivity index (χ2n) is 9.80. The Balaban J connectivity index is 1.39. The predicted octanol–water partition coefficient (Wildman–Crippen LogP) is 6.31. The van der Waals surface area contributed by atoms with Crippen molar-refractivity contribution in [1.29, 1.82) is 0 Å². The minimum absolute atomic E-state index is 0.0718. The summed E-state index contributed by atoms with van der Waals surface area (Å²) in [5.41, 5.74) is 3.72. The van der Waals surface area contributed by atoms with E-state index in [-0.39, 0.29) is 11.7 Å². The largest absolute Gasteiger partial charge is 0.491 e. The monoisotopic (exact) mass is 530 g/mol. The number of hydrogen-bond acceptors (Lipinski definition) is 6. The number of ether oxygens (including phenoxy) is 1. The number of fused-ring (bicyclic) bond motifs is 5. The van der Waals surface area contributed by atoms with E-state index in [4.69, 9.17) is 4.74 Å². The van der Waals surface area contributed by atoms with E-state index < -0.39 is 0 Å². The summed E-state index contributed by atoms with van der Waals surface area (Å²) in [6.45, 7) is 4.64. The van der Waals surface area contributed by atoms with Crippen LogP contribution in [0, 0.1) is 0 Å². The van der Waals surface area contributed by atoms with Crippen LogP contribution in [0.1, 0.15) is 48.3 Å². The van der Waals surface area contributed by atoms with Gasteiger partial charge < -0.3 is 4.74 Å². The highest BCUT2D eigenvalue weighted by molar-refractivity contribution is 7.98. The van der Waals surface area contributed by atoms with Gasteiger partial charge in [0.25, 0.3) is 5.56 Å². The minimum atomic E-state index is 0.0718. The maximum atomic E-state index is 13.9. The van der Waals surface area contributed by atoms with Crippen LogP contribution in [0.3, 0.4) is 0 Å². The number of aryl methyl sites for hydroxylation is 4. The molecule has 6 nitrogen and oxygen atoms in total. The summed E-state index contributed by atoms with van der Waals surface area (Å²) in [5.74, 6) is 2.28. The first kappa shape index (κ1) is 24.2. The van der Waals surface area contributed by atoms with Gasteiger partial charge in [-0.2, -0.15) is 0 Å². The third kappa shape index (κ3) is 4.80. The van der Waals surface area contributed by atoms with E-state index in [1.54, 1.807) is 23.1 Å². The van der Waals surface area contributed by atoms with E-state index in [2.05, 4.69) is 38.9 Å². The summed E-state index contributed by atoms with van der Waals surface area (Å²) >= 11 is 3.41. The maximum Gasteiger partial charge on any atom is 0.263 e. The molecule has 37 heavy (non-hydrogen) atoms. The van der Waals surface area contributed by atoms with Gasteiger partial charge in [0.05, 0.1) is 11.5 Å². The average molecular weight is 531 g/mol. The third-order valence-electron chi connectivity index (χ3n) is 6.80. The highest BCUT2D eigenvalue weighted by Crippen LogP contribution is 2.36. The molecule has 5 aromatic rings. The van der Waals surface area contributed by atoms with Crippen LogP contribution in [-0.4, -0.2) is 25.3 Å². The summed E-state index contributed by atoms with van der Waals surface area (Å²) in [7, 11) is 0. The van der Waals surface area contributed by atoms with Gasteiger partial charge in [-0.05, 0) is 74.8 Å². The molecule has 3 heterocycles. The number of benzene rings is 2. The molecule has 0 saturated heterocycles. The third-order valence-corrected chi connectivity index (χ3v) is 9.08. The van der Waals surface area contributed by atoms with Crippen molar-refractivity contribution in [2.75, 3.05) is 0 Å². The summed E-state index contributed by atoms with van der Waals surface area (Å²) in [4.78, 5) is 16.2. The van der Waals surface area contributed by atoms with Gasteiger partial charge in [-0.25, -0.2) is 4.40 Å². The molecule has 1 aliphatic rings. The molecular formula is C29H30N4O2S2. The first-order valence-corrected chi connectivity index (χ1v) is 14.7. The quantitative estimate of drug-likeness (QED) is 0.220. The van der Waals surface area contributed by atoms with Crippen molar-refractivity contribution in [3.8, 4) is 5.75 Å². The molecule has 6 rings (SSSR count). The summed E-state index contributed by atoms with van der Waals surface area (Å²) in [5, 5.41) is 10.8. The Hall–Kier alpha value is -3.10. The smallest absolute Gasteiger partial charge is 0.263 e. The summed E-state index contributed by atoms with van der Waals surface area (Å²) < 4.78 is 9.75. The predicted molar refractivity (Wildman–Crippen MR) is 151 cm³/mol. The number of nitrogens with zero attached hydrogens (tertiary/aromatic N) is 4. The van der Waals surface area contributed by atoms with Crippen LogP contribution < -0.4 is 10.3 Å². The van der Waals surface area contributed by atoms with E-state index in [0.717, 1.165) is 52.6 Å². The maximum absolute atomic E-state index is 13.9. The topological polar surface area (TPSA) is 61.4 Å². The molecule has 0 N–H and O–H groups in total. The Labute approximate surface area is 224 Å². The van der Waals surface area contributed by atoms with Gasteiger partial charge in [0.2, 0.25) is 5.78 Å². The number of hydrogen-bond donors (Lipinski definition) is 0. The zero-order valence-corrected chi connectivity index (χ0v) is 22.8. The summed E-state index contributed by atoms with van der Waals surface area (Å²) in [6.07, 6.45) is 5.28. The lowest BCUT2D eigenvalue weighted by atomic mass is 9.97. The highest BCUT2D eigenvalue weighted by Gasteiger charge is 2.25. The van der Waals surface area contributed by atoms with E-state index in [0.29, 0.717) is 12.3 Å². The van der Waals surface area contributed by atoms with Crippen LogP contribution in [-0.2, 0) is 31.6 Å². The number of rotatable bonds is 8. The zero-order valence-electron chi connectivity index (χ0n) is 21.1. The molecular weight excluding hydrogens is 500 g/mol. The zero-order chi connectivity index (χ0) is 25.4. The molecule has 0 amide bonds. The Bertz CT molecular complexity index is 1600. The summed E-state index contributed by atoms with van der Waals surface area (Å²) in [6, 6.07) is 18.6. The van der Waals surface area contributed by atoms with Crippen molar-refractivity contribution in [2.45, 2.75) is 69.5 Å². The van der Waals surface area contributed by atoms with Crippen LogP contribution >= 0.6 is 23.1 Å². The Morgan fingerprint density at radius 1 is 1.00 bits per heavy atom. The van der Waals surface area contributed by atoms with Gasteiger partial charge in [-0.3, -0.25) is 9.36 Å². The van der Waals surface area contributed by atoms with Crippen LogP contribution in [0.2, 0.25) is 0 Å². The lowest BCUT2D eigenvalue weighted by molar-refractivity contribution is 0.242. The van der Waals surface area contributed by atoms with Crippen molar-refractivity contribution in [3.05, 3.63) is 86.5 Å². The van der Waals surface area contributed by atoms with Gasteiger partial charge in [-0.1, -0.05) is 54.2 Å². The Kier molecular flexibility index (Phi) is 6.78. The molecule has 1 aliphatic carbocycles. The van der Waals surface area contributed by atoms with E-state index in [9.17, 15) is 4.79 Å². The standard InChI is InChI=1S/C29H30N4O2S2/c1-19(2)35-22-14-12-21(13-15-22)18-36-29-31-30-28-32(17-16-20-8-4-3-5-9-20)26(34)25-23-10-6-7-11-24(23)37-27(25)33(28)29/h3-5,8-9,12-15,19H,6-7,10-11,16-18H2,1-2H3. The molecule has 0 saturated carbocycles. The fourth-order valence-corrected chi connectivity index (χ4v) is 7.36. The van der Waals surface area contributed by atoms with E-state index >= 15 is 0 Å². The fourth-order valence-electron chi connectivity index (χ4n) is 5.03. The molecule has 0 fully saturated rings. The number of thioether (sulfide) groups is 1. The molecule has 0 radical (unpaired) electrons. The Morgan fingerprint density at radius 2 is 1.78 bits per heavy atom. The number of aromatic nitrogens is 4. The second-order valence-corrected chi connectivity index (χ2v) is 11.8. The average Bonchev–Trinajstić information content (AvgIpc) is 3.50. The van der Waals surface area contributed by atoms with Gasteiger partial charge in [-0.15, -0.1) is 21.5 Å². The molecule has 190 valence electrons. The van der Waals surface area contributed by atoms with Gasteiger partial charge in [0, 0.05) is 17.2 Å². The molecule has 0 bridgehead atoms. The molecule has 2 aromatic carbocycles. The van der Waals surface area contributed by atoms with Gasteiger partial charge in [0.1, 0.15) is 10.6 Å². The normalized spacial score (nSPS) is 13.5. The molecule has 3 aromatic heterocycles. The molecule has 0 spiro atoms. The van der Waals surface area contributed by atoms with Crippen LogP contribution in [0.15, 0.2) is 64.5 Å². The van der Waals surface area contributed by atoms with Gasteiger partial charge >= 0.3 is 0 Å². The van der Waals surface area contributed by atoms with Crippen LogP contribution in [0.25, 0.3) is 16.0 Å². The van der Waals surface area contributed by atoms with Crippen molar-refractivity contribution in [2.24, 2.45) is 0 Å². The van der Waals surface area contributed by atoms with Crippen molar-refractivity contribution < 1.29 is 4.74 Å². The van der Waals surface area contributed by atoms with Crippen LogP contribution in [0.5, 0.6) is 5.75 Å². The Morgan fingerprint density at radius 3 is 2.57 bits per heavy atom. The van der Waals surface area contributed by atoms with E-state index in [1.165, 1.54) is 28.0 Å². The lowest BCUT2D eigenvalue weighted by Crippen LogP contribution is -2.24. The fraction of sp³-hybridized carbons (Fsp3) is 0.345. The first-order valence-electron chi connectivity index (χ1n) is 12.9. The van der Waals surface area contributed by atoms with Crippen LogP contribution in [0.4, 0.5) is 0 Å². The minimum Gasteiger partial charge on any atom is -0.491 e. The molecule has 8 heteroatoms. The van der Waals surface area contributed by atoms with Crippen molar-refractivity contribution in [1.82, 2.24) is 19.2 Å². The van der Waals surface area contributed by atoms with E-state index in [1.807, 2.05) is 48.7 Å². The first-order chi connectivity index (χ1) is 18.1. The van der Waals surface area contributed by atoms with Gasteiger partial charge in [0.15, 0.2) is 5.16 Å². The lowest BCUT2D eigenvalue weighted by Gasteiger charge is -2.12. The molecule has 0 atom stereocenters.